The molecule has 210 valence electrons. The van der Waals surface area contributed by atoms with Crippen molar-refractivity contribution < 1.29 is 28.4 Å². The van der Waals surface area contributed by atoms with E-state index < -0.39 is 34.4 Å². The molecular weight excluding hydrogens is 500 g/mol. The van der Waals surface area contributed by atoms with E-state index in [2.05, 4.69) is 0 Å². The molecule has 0 N–H and O–H groups in total. The second kappa shape index (κ2) is 14.4. The van der Waals surface area contributed by atoms with Crippen molar-refractivity contribution in [3.05, 3.63) is 53.5 Å². The summed E-state index contributed by atoms with van der Waals surface area (Å²) < 4.78 is 33.9. The summed E-state index contributed by atoms with van der Waals surface area (Å²) in [6, 6.07) is 2.69. The third kappa shape index (κ3) is 7.22. The van der Waals surface area contributed by atoms with E-state index in [1.165, 1.54) is 12.1 Å². The van der Waals surface area contributed by atoms with Crippen LogP contribution in [-0.2, 0) is 41.5 Å². The predicted octanol–water partition coefficient (Wildman–Crippen LogP) is 0.0486. The van der Waals surface area contributed by atoms with Crippen LogP contribution in [0.5, 0.6) is 0 Å². The summed E-state index contributed by atoms with van der Waals surface area (Å²) >= 11 is 0. The van der Waals surface area contributed by atoms with E-state index in [0.717, 1.165) is 9.13 Å². The first kappa shape index (κ1) is 29.8. The van der Waals surface area contributed by atoms with Gasteiger partial charge in [-0.05, 0) is 26.0 Å². The smallest absolute Gasteiger partial charge is 0.261 e. The molecule has 0 bridgehead atoms. The summed E-state index contributed by atoms with van der Waals surface area (Å²) in [6.07, 6.45) is -0.860. The van der Waals surface area contributed by atoms with Crippen LogP contribution in [-0.4, -0.2) is 88.4 Å². The van der Waals surface area contributed by atoms with Gasteiger partial charge >= 0.3 is 0 Å². The number of ether oxygens (including phenoxy) is 6. The second-order valence-corrected chi connectivity index (χ2v) is 8.96. The number of benzene rings is 1. The first-order chi connectivity index (χ1) is 18.3. The molecule has 38 heavy (non-hydrogen) atoms. The minimum atomic E-state index is -0.525. The summed E-state index contributed by atoms with van der Waals surface area (Å²) in [4.78, 5) is 52.0. The van der Waals surface area contributed by atoms with Gasteiger partial charge in [0.25, 0.3) is 22.2 Å². The fraction of sp³-hybridized carbons (Fsp3) is 0.615. The average molecular weight is 537 g/mol. The van der Waals surface area contributed by atoms with Gasteiger partial charge in [0.05, 0.1) is 99.7 Å². The van der Waals surface area contributed by atoms with Gasteiger partial charge in [0.2, 0.25) is 0 Å². The molecule has 0 spiro atoms. The van der Waals surface area contributed by atoms with Gasteiger partial charge < -0.3 is 28.4 Å². The Bertz CT molecular complexity index is 1200. The maximum absolute atomic E-state index is 13.0. The number of nitrogens with zero attached hydrogens (tertiary/aromatic N) is 2. The minimum absolute atomic E-state index is 0.0349. The lowest BCUT2D eigenvalue weighted by molar-refractivity contribution is -0.00572. The standard InChI is InChI=1S/C26H36N2O10/c1-17(37-11-9-35-7-5-33-3)15-27-23(29)19-13-21-22(14-20(19)24(27)30)26(32)28(25(21)31)16-18(2)38-12-10-36-8-6-34-4/h13-14,17-18H,5-12,15-16H2,1-4H3/t17-,18-/m0/s1. The molecule has 1 aromatic carbocycles. The first-order valence-electron chi connectivity index (χ1n) is 12.6. The lowest BCUT2D eigenvalue weighted by Crippen LogP contribution is -2.32. The Labute approximate surface area is 219 Å². The molecule has 0 aliphatic heterocycles. The molecule has 2 aromatic heterocycles. The summed E-state index contributed by atoms with van der Waals surface area (Å²) in [5.74, 6) is 0. The Morgan fingerprint density at radius 3 is 1.18 bits per heavy atom. The highest BCUT2D eigenvalue weighted by atomic mass is 16.5. The van der Waals surface area contributed by atoms with E-state index in [-0.39, 0.29) is 34.6 Å². The fourth-order valence-corrected chi connectivity index (χ4v) is 4.13. The van der Waals surface area contributed by atoms with E-state index in [9.17, 15) is 19.2 Å². The predicted molar refractivity (Wildman–Crippen MR) is 141 cm³/mol. The molecular formula is C26H36N2O10. The highest BCUT2D eigenvalue weighted by molar-refractivity contribution is 5.97. The van der Waals surface area contributed by atoms with Gasteiger partial charge in [0.1, 0.15) is 0 Å². The molecule has 0 aliphatic rings. The molecule has 12 heteroatoms. The molecule has 0 radical (unpaired) electrons. The topological polar surface area (TPSA) is 134 Å². The maximum Gasteiger partial charge on any atom is 0.261 e. The molecule has 0 saturated carbocycles. The Morgan fingerprint density at radius 2 is 0.868 bits per heavy atom. The average Bonchev–Trinajstić information content (AvgIpc) is 3.27. The number of hydrogen-bond donors (Lipinski definition) is 0. The van der Waals surface area contributed by atoms with E-state index in [4.69, 9.17) is 28.4 Å². The lowest BCUT2D eigenvalue weighted by atomic mass is 10.1. The molecule has 0 aliphatic carbocycles. The highest BCUT2D eigenvalue weighted by Gasteiger charge is 2.21. The molecule has 0 amide bonds. The van der Waals surface area contributed by atoms with Crippen molar-refractivity contribution in [2.45, 2.75) is 39.1 Å². The SMILES string of the molecule is COCCOCCO[C@@H](C)Cn1c(=O)c2cc3c(=O)n(C[C@H](C)OCCOCCOC)c(=O)c3cc2c1=O. The molecule has 2 atom stereocenters. The van der Waals surface area contributed by atoms with Gasteiger partial charge in [0.15, 0.2) is 0 Å². The van der Waals surface area contributed by atoms with Crippen LogP contribution in [0.1, 0.15) is 13.8 Å². The van der Waals surface area contributed by atoms with Gasteiger partial charge in [-0.15, -0.1) is 0 Å². The largest absolute Gasteiger partial charge is 0.382 e. The first-order valence-corrected chi connectivity index (χ1v) is 12.6. The van der Waals surface area contributed by atoms with Gasteiger partial charge in [-0.25, -0.2) is 0 Å². The summed E-state index contributed by atoms with van der Waals surface area (Å²) in [5, 5.41) is 0.405. The Hall–Kier alpha value is -2.74. The Morgan fingerprint density at radius 1 is 0.553 bits per heavy atom. The van der Waals surface area contributed by atoms with Crippen LogP contribution in [0.3, 0.4) is 0 Å². The zero-order chi connectivity index (χ0) is 27.7. The number of methoxy groups -OCH3 is 2. The van der Waals surface area contributed by atoms with Crippen LogP contribution in [0.4, 0.5) is 0 Å². The summed E-state index contributed by atoms with van der Waals surface area (Å²) in [7, 11) is 3.17. The van der Waals surface area contributed by atoms with Crippen molar-refractivity contribution >= 4 is 21.5 Å². The molecule has 0 fully saturated rings. The van der Waals surface area contributed by atoms with Crippen LogP contribution >= 0.6 is 0 Å². The molecule has 12 nitrogen and oxygen atoms in total. The van der Waals surface area contributed by atoms with Crippen molar-refractivity contribution in [1.29, 1.82) is 0 Å². The highest BCUT2D eigenvalue weighted by Crippen LogP contribution is 2.15. The lowest BCUT2D eigenvalue weighted by Gasteiger charge is -2.13. The van der Waals surface area contributed by atoms with E-state index in [1.54, 1.807) is 28.1 Å². The van der Waals surface area contributed by atoms with Crippen LogP contribution in [0.25, 0.3) is 21.5 Å². The van der Waals surface area contributed by atoms with Crippen molar-refractivity contribution in [1.82, 2.24) is 9.13 Å². The van der Waals surface area contributed by atoms with E-state index in [1.807, 2.05) is 0 Å². The van der Waals surface area contributed by atoms with Gasteiger partial charge in [-0.3, -0.25) is 28.3 Å². The molecule has 3 rings (SSSR count). The third-order valence-electron chi connectivity index (χ3n) is 6.06. The Balaban J connectivity index is 1.72. The normalized spacial score (nSPS) is 13.6. The van der Waals surface area contributed by atoms with Crippen molar-refractivity contribution in [3.63, 3.8) is 0 Å². The Kier molecular flexibility index (Phi) is 11.3. The summed E-state index contributed by atoms with van der Waals surface area (Å²) in [6.45, 7) is 6.73. The third-order valence-corrected chi connectivity index (χ3v) is 6.06. The molecule has 2 heterocycles. The van der Waals surface area contributed by atoms with Crippen LogP contribution < -0.4 is 22.2 Å². The number of hydrogen-bond acceptors (Lipinski definition) is 10. The van der Waals surface area contributed by atoms with Crippen molar-refractivity contribution in [3.8, 4) is 0 Å². The van der Waals surface area contributed by atoms with Gasteiger partial charge in [-0.2, -0.15) is 0 Å². The fourth-order valence-electron chi connectivity index (χ4n) is 4.13. The van der Waals surface area contributed by atoms with Crippen molar-refractivity contribution in [2.75, 3.05) is 67.1 Å². The summed E-state index contributed by atoms with van der Waals surface area (Å²) in [5.41, 5.74) is -2.10. The van der Waals surface area contributed by atoms with Crippen LogP contribution in [0, 0.1) is 0 Å². The van der Waals surface area contributed by atoms with Crippen LogP contribution in [0.2, 0.25) is 0 Å². The molecule has 3 aromatic rings. The molecule has 0 unspecified atom stereocenters. The monoisotopic (exact) mass is 536 g/mol. The van der Waals surface area contributed by atoms with Gasteiger partial charge in [-0.1, -0.05) is 0 Å². The van der Waals surface area contributed by atoms with E-state index >= 15 is 0 Å². The quantitative estimate of drug-likeness (QED) is 0.205. The van der Waals surface area contributed by atoms with Crippen LogP contribution in [0.15, 0.2) is 31.3 Å². The van der Waals surface area contributed by atoms with E-state index in [0.29, 0.717) is 52.9 Å². The minimum Gasteiger partial charge on any atom is -0.382 e. The second-order valence-electron chi connectivity index (χ2n) is 8.96. The van der Waals surface area contributed by atoms with Crippen molar-refractivity contribution in [2.24, 2.45) is 0 Å². The van der Waals surface area contributed by atoms with Gasteiger partial charge in [0, 0.05) is 14.2 Å². The number of rotatable bonds is 18. The molecule has 0 saturated heterocycles. The zero-order valence-electron chi connectivity index (χ0n) is 22.4. The number of fused-ring (bicyclic) bond motifs is 2. The maximum atomic E-state index is 13.0. The number of aromatic nitrogens is 2. The zero-order valence-corrected chi connectivity index (χ0v) is 22.4.